The molecule has 1 aliphatic rings. The summed E-state index contributed by atoms with van der Waals surface area (Å²) >= 11 is 7.81. The second-order valence-corrected chi connectivity index (χ2v) is 5.89. The van der Waals surface area contributed by atoms with Crippen LogP contribution in [0.25, 0.3) is 0 Å². The molecule has 0 atom stereocenters. The molecular formula is C12H14ClN5S. The Balaban J connectivity index is 1.91. The summed E-state index contributed by atoms with van der Waals surface area (Å²) in [6, 6.07) is 6.33. The highest BCUT2D eigenvalue weighted by Gasteiger charge is 2.28. The topological polar surface area (TPSA) is 69.6 Å². The van der Waals surface area contributed by atoms with Gasteiger partial charge in [-0.2, -0.15) is 0 Å². The summed E-state index contributed by atoms with van der Waals surface area (Å²) in [4.78, 5) is 1.01. The number of nitrogens with two attached hydrogens (primary N) is 1. The van der Waals surface area contributed by atoms with Crippen molar-refractivity contribution in [2.75, 3.05) is 6.54 Å². The lowest BCUT2D eigenvalue weighted by molar-refractivity contribution is 0.565. The van der Waals surface area contributed by atoms with Gasteiger partial charge >= 0.3 is 0 Å². The molecule has 19 heavy (non-hydrogen) atoms. The van der Waals surface area contributed by atoms with E-state index in [1.807, 2.05) is 22.9 Å². The lowest BCUT2D eigenvalue weighted by Gasteiger charge is -2.09. The Morgan fingerprint density at radius 1 is 1.42 bits per heavy atom. The monoisotopic (exact) mass is 295 g/mol. The minimum absolute atomic E-state index is 0.456. The average Bonchev–Trinajstić information content (AvgIpc) is 3.14. The first-order valence-electron chi connectivity index (χ1n) is 6.22. The standard InChI is InChI=1S/C12H14ClN5S/c13-10-3-1-2-8(6-7-14)11(10)19-12-15-16-17-18(12)9-4-5-9/h1-3,9H,4-7,14H2. The van der Waals surface area contributed by atoms with Gasteiger partial charge in [0.25, 0.3) is 0 Å². The molecule has 0 saturated heterocycles. The number of tetrazole rings is 1. The number of halogens is 1. The van der Waals surface area contributed by atoms with E-state index in [1.54, 1.807) is 0 Å². The van der Waals surface area contributed by atoms with Crippen molar-refractivity contribution in [2.24, 2.45) is 5.73 Å². The number of benzene rings is 1. The van der Waals surface area contributed by atoms with Gasteiger partial charge in [0.05, 0.1) is 11.1 Å². The summed E-state index contributed by atoms with van der Waals surface area (Å²) < 4.78 is 1.89. The molecule has 1 saturated carbocycles. The van der Waals surface area contributed by atoms with Gasteiger partial charge < -0.3 is 5.73 Å². The average molecular weight is 296 g/mol. The number of aromatic nitrogens is 4. The molecule has 0 radical (unpaired) electrons. The van der Waals surface area contributed by atoms with Crippen LogP contribution >= 0.6 is 23.4 Å². The molecule has 0 spiro atoms. The summed E-state index contributed by atoms with van der Waals surface area (Å²) in [7, 11) is 0. The fourth-order valence-corrected chi connectivity index (χ4v) is 3.23. The van der Waals surface area contributed by atoms with E-state index in [-0.39, 0.29) is 0 Å². The van der Waals surface area contributed by atoms with E-state index >= 15 is 0 Å². The molecule has 2 N–H and O–H groups in total. The van der Waals surface area contributed by atoms with Crippen molar-refractivity contribution in [1.82, 2.24) is 20.2 Å². The van der Waals surface area contributed by atoms with Crippen molar-refractivity contribution >= 4 is 23.4 Å². The van der Waals surface area contributed by atoms with Gasteiger partial charge in [0.2, 0.25) is 5.16 Å². The first kappa shape index (κ1) is 12.9. The van der Waals surface area contributed by atoms with E-state index in [9.17, 15) is 0 Å². The Bertz CT molecular complexity index is 581. The Kier molecular flexibility index (Phi) is 3.72. The maximum absolute atomic E-state index is 6.29. The van der Waals surface area contributed by atoms with Crippen LogP contribution in [0.15, 0.2) is 28.3 Å². The summed E-state index contributed by atoms with van der Waals surface area (Å²) in [6.45, 7) is 0.599. The first-order chi connectivity index (χ1) is 9.29. The van der Waals surface area contributed by atoms with Gasteiger partial charge in [-0.15, -0.1) is 5.10 Å². The molecule has 1 fully saturated rings. The lowest BCUT2D eigenvalue weighted by atomic mass is 10.1. The summed E-state index contributed by atoms with van der Waals surface area (Å²) in [5.41, 5.74) is 6.79. The first-order valence-corrected chi connectivity index (χ1v) is 7.42. The Labute approximate surface area is 120 Å². The minimum Gasteiger partial charge on any atom is -0.330 e. The van der Waals surface area contributed by atoms with E-state index in [2.05, 4.69) is 15.5 Å². The van der Waals surface area contributed by atoms with E-state index in [1.165, 1.54) is 11.8 Å². The van der Waals surface area contributed by atoms with Crippen LogP contribution in [-0.2, 0) is 6.42 Å². The van der Waals surface area contributed by atoms with E-state index in [4.69, 9.17) is 17.3 Å². The second kappa shape index (κ2) is 5.48. The van der Waals surface area contributed by atoms with Crippen molar-refractivity contribution < 1.29 is 0 Å². The molecule has 3 rings (SSSR count). The Hall–Kier alpha value is -1.11. The highest BCUT2D eigenvalue weighted by molar-refractivity contribution is 7.99. The van der Waals surface area contributed by atoms with E-state index in [0.29, 0.717) is 12.6 Å². The third-order valence-electron chi connectivity index (χ3n) is 3.01. The van der Waals surface area contributed by atoms with Gasteiger partial charge in [-0.1, -0.05) is 23.7 Å². The predicted octanol–water partition coefficient (Wildman–Crippen LogP) is 2.31. The maximum atomic E-state index is 6.29. The van der Waals surface area contributed by atoms with Crippen LogP contribution in [0.1, 0.15) is 24.4 Å². The highest BCUT2D eigenvalue weighted by atomic mass is 35.5. The molecule has 0 bridgehead atoms. The van der Waals surface area contributed by atoms with Gasteiger partial charge in [0.15, 0.2) is 0 Å². The highest BCUT2D eigenvalue weighted by Crippen LogP contribution is 2.40. The zero-order valence-electron chi connectivity index (χ0n) is 10.3. The van der Waals surface area contributed by atoms with Crippen molar-refractivity contribution in [3.05, 3.63) is 28.8 Å². The van der Waals surface area contributed by atoms with Gasteiger partial charge in [-0.05, 0) is 59.6 Å². The van der Waals surface area contributed by atoms with Crippen molar-refractivity contribution in [2.45, 2.75) is 35.4 Å². The number of hydrogen-bond donors (Lipinski definition) is 1. The Morgan fingerprint density at radius 3 is 3.00 bits per heavy atom. The van der Waals surface area contributed by atoms with Crippen molar-refractivity contribution in [3.63, 3.8) is 0 Å². The zero-order chi connectivity index (χ0) is 13.2. The molecule has 1 aromatic heterocycles. The number of hydrogen-bond acceptors (Lipinski definition) is 5. The van der Waals surface area contributed by atoms with Crippen LogP contribution in [0, 0.1) is 0 Å². The predicted molar refractivity (Wildman–Crippen MR) is 74.4 cm³/mol. The molecule has 100 valence electrons. The number of nitrogens with zero attached hydrogens (tertiary/aromatic N) is 4. The summed E-state index contributed by atoms with van der Waals surface area (Å²) in [5.74, 6) is 0. The number of rotatable bonds is 5. The molecule has 1 aliphatic carbocycles. The molecule has 2 aromatic rings. The quantitative estimate of drug-likeness (QED) is 0.916. The normalized spacial score (nSPS) is 14.8. The minimum atomic E-state index is 0.456. The van der Waals surface area contributed by atoms with Gasteiger partial charge in [-0.25, -0.2) is 4.68 Å². The van der Waals surface area contributed by atoms with Crippen LogP contribution in [0.5, 0.6) is 0 Å². The summed E-state index contributed by atoms with van der Waals surface area (Å²) in [5, 5.41) is 13.4. The van der Waals surface area contributed by atoms with Gasteiger partial charge in [0, 0.05) is 4.90 Å². The van der Waals surface area contributed by atoms with Crippen LogP contribution < -0.4 is 5.73 Å². The fourth-order valence-electron chi connectivity index (χ4n) is 1.91. The molecule has 1 aromatic carbocycles. The molecule has 7 heteroatoms. The lowest BCUT2D eigenvalue weighted by Crippen LogP contribution is -2.04. The molecule has 0 unspecified atom stereocenters. The van der Waals surface area contributed by atoms with E-state index < -0.39 is 0 Å². The fraction of sp³-hybridized carbons (Fsp3) is 0.417. The van der Waals surface area contributed by atoms with Crippen LogP contribution in [0.4, 0.5) is 0 Å². The molecule has 1 heterocycles. The zero-order valence-corrected chi connectivity index (χ0v) is 11.9. The van der Waals surface area contributed by atoms with Gasteiger partial charge in [-0.3, -0.25) is 0 Å². The van der Waals surface area contributed by atoms with E-state index in [0.717, 1.165) is 39.9 Å². The van der Waals surface area contributed by atoms with Crippen molar-refractivity contribution in [1.29, 1.82) is 0 Å². The largest absolute Gasteiger partial charge is 0.330 e. The van der Waals surface area contributed by atoms with Crippen molar-refractivity contribution in [3.8, 4) is 0 Å². The molecule has 0 amide bonds. The second-order valence-electron chi connectivity index (χ2n) is 4.51. The SMILES string of the molecule is NCCc1cccc(Cl)c1Sc1nnnn1C1CC1. The molecule has 5 nitrogen and oxygen atoms in total. The third kappa shape index (κ3) is 2.75. The van der Waals surface area contributed by atoms with Crippen LogP contribution in [-0.4, -0.2) is 26.8 Å². The summed E-state index contributed by atoms with van der Waals surface area (Å²) in [6.07, 6.45) is 3.10. The Morgan fingerprint density at radius 2 is 2.26 bits per heavy atom. The van der Waals surface area contributed by atoms with Crippen LogP contribution in [0.3, 0.4) is 0 Å². The van der Waals surface area contributed by atoms with Crippen LogP contribution in [0.2, 0.25) is 5.02 Å². The molecule has 0 aliphatic heterocycles. The third-order valence-corrected chi connectivity index (χ3v) is 4.58. The molecular weight excluding hydrogens is 282 g/mol. The van der Waals surface area contributed by atoms with Gasteiger partial charge in [0.1, 0.15) is 0 Å². The smallest absolute Gasteiger partial charge is 0.214 e. The maximum Gasteiger partial charge on any atom is 0.214 e.